The largest absolute Gasteiger partial charge is 0.311 e. The molecular formula is C13H28N2. The van der Waals surface area contributed by atoms with Crippen molar-refractivity contribution in [1.29, 1.82) is 0 Å². The van der Waals surface area contributed by atoms with E-state index in [9.17, 15) is 0 Å². The van der Waals surface area contributed by atoms with Crippen LogP contribution in [-0.2, 0) is 0 Å². The minimum Gasteiger partial charge on any atom is -0.311 e. The Bertz CT molecular complexity index is 179. The number of nitrogens with one attached hydrogen (secondary N) is 1. The Kier molecular flexibility index (Phi) is 5.07. The SMILES string of the molecule is CCC(C)CN1CC(C(C)C)NCC1C. The first-order valence-corrected chi connectivity index (χ1v) is 6.52. The lowest BCUT2D eigenvalue weighted by Gasteiger charge is -2.41. The van der Waals surface area contributed by atoms with Crippen LogP contribution < -0.4 is 5.32 Å². The van der Waals surface area contributed by atoms with Crippen LogP contribution >= 0.6 is 0 Å². The van der Waals surface area contributed by atoms with Gasteiger partial charge in [-0.2, -0.15) is 0 Å². The zero-order valence-corrected chi connectivity index (χ0v) is 11.1. The van der Waals surface area contributed by atoms with E-state index >= 15 is 0 Å². The summed E-state index contributed by atoms with van der Waals surface area (Å²) in [4.78, 5) is 2.66. The molecule has 0 bridgehead atoms. The van der Waals surface area contributed by atoms with E-state index in [0.29, 0.717) is 12.1 Å². The third-order valence-corrected chi connectivity index (χ3v) is 3.78. The predicted molar refractivity (Wildman–Crippen MR) is 67.1 cm³/mol. The molecule has 0 aromatic carbocycles. The van der Waals surface area contributed by atoms with Crippen LogP contribution in [0, 0.1) is 11.8 Å². The molecule has 0 radical (unpaired) electrons. The van der Waals surface area contributed by atoms with Gasteiger partial charge in [0.25, 0.3) is 0 Å². The number of nitrogens with zero attached hydrogens (tertiary/aromatic N) is 1. The smallest absolute Gasteiger partial charge is 0.0218 e. The zero-order chi connectivity index (χ0) is 11.4. The van der Waals surface area contributed by atoms with Gasteiger partial charge in [-0.15, -0.1) is 0 Å². The van der Waals surface area contributed by atoms with Crippen molar-refractivity contribution >= 4 is 0 Å². The molecule has 90 valence electrons. The van der Waals surface area contributed by atoms with Crippen LogP contribution in [0.25, 0.3) is 0 Å². The van der Waals surface area contributed by atoms with Crippen LogP contribution in [0.4, 0.5) is 0 Å². The molecule has 0 aliphatic carbocycles. The summed E-state index contributed by atoms with van der Waals surface area (Å²) in [5, 5.41) is 3.65. The fourth-order valence-corrected chi connectivity index (χ4v) is 2.18. The Hall–Kier alpha value is -0.0800. The highest BCUT2D eigenvalue weighted by atomic mass is 15.2. The molecule has 1 rings (SSSR count). The highest BCUT2D eigenvalue weighted by Crippen LogP contribution is 2.15. The fourth-order valence-electron chi connectivity index (χ4n) is 2.18. The molecule has 1 aliphatic heterocycles. The number of hydrogen-bond donors (Lipinski definition) is 1. The molecule has 3 atom stereocenters. The summed E-state index contributed by atoms with van der Waals surface area (Å²) in [5.74, 6) is 1.58. The molecular weight excluding hydrogens is 184 g/mol. The van der Waals surface area contributed by atoms with Crippen molar-refractivity contribution in [2.24, 2.45) is 11.8 Å². The van der Waals surface area contributed by atoms with Gasteiger partial charge in [0.2, 0.25) is 0 Å². The average Bonchev–Trinajstić information content (AvgIpc) is 2.20. The lowest BCUT2D eigenvalue weighted by Crippen LogP contribution is -2.57. The molecule has 1 aliphatic rings. The molecule has 15 heavy (non-hydrogen) atoms. The van der Waals surface area contributed by atoms with Crippen LogP contribution in [0.2, 0.25) is 0 Å². The fraction of sp³-hybridized carbons (Fsp3) is 1.00. The summed E-state index contributed by atoms with van der Waals surface area (Å²) >= 11 is 0. The van der Waals surface area contributed by atoms with Crippen molar-refractivity contribution in [2.75, 3.05) is 19.6 Å². The summed E-state index contributed by atoms with van der Waals surface area (Å²) < 4.78 is 0. The van der Waals surface area contributed by atoms with E-state index in [0.717, 1.165) is 18.4 Å². The van der Waals surface area contributed by atoms with Gasteiger partial charge in [-0.05, 0) is 18.8 Å². The second kappa shape index (κ2) is 5.86. The Morgan fingerprint density at radius 3 is 2.53 bits per heavy atom. The second-order valence-electron chi connectivity index (χ2n) is 5.58. The Morgan fingerprint density at radius 2 is 2.00 bits per heavy atom. The summed E-state index contributed by atoms with van der Waals surface area (Å²) in [7, 11) is 0. The van der Waals surface area contributed by atoms with E-state index in [1.807, 2.05) is 0 Å². The molecule has 0 saturated carbocycles. The molecule has 3 unspecified atom stereocenters. The average molecular weight is 212 g/mol. The maximum absolute atomic E-state index is 3.65. The van der Waals surface area contributed by atoms with Gasteiger partial charge in [0, 0.05) is 31.7 Å². The molecule has 1 saturated heterocycles. The first-order chi connectivity index (χ1) is 7.04. The van der Waals surface area contributed by atoms with Gasteiger partial charge in [0.15, 0.2) is 0 Å². The maximum Gasteiger partial charge on any atom is 0.0218 e. The normalized spacial score (nSPS) is 30.8. The highest BCUT2D eigenvalue weighted by Gasteiger charge is 2.26. The molecule has 0 aromatic heterocycles. The lowest BCUT2D eigenvalue weighted by molar-refractivity contribution is 0.107. The minimum atomic E-state index is 0.685. The van der Waals surface area contributed by atoms with Gasteiger partial charge in [-0.3, -0.25) is 4.90 Å². The van der Waals surface area contributed by atoms with Crippen molar-refractivity contribution in [3.63, 3.8) is 0 Å². The van der Waals surface area contributed by atoms with E-state index < -0.39 is 0 Å². The van der Waals surface area contributed by atoms with Crippen LogP contribution in [0.15, 0.2) is 0 Å². The van der Waals surface area contributed by atoms with Crippen LogP contribution in [0.3, 0.4) is 0 Å². The van der Waals surface area contributed by atoms with Crippen molar-refractivity contribution in [2.45, 2.75) is 53.1 Å². The van der Waals surface area contributed by atoms with Gasteiger partial charge >= 0.3 is 0 Å². The van der Waals surface area contributed by atoms with E-state index in [-0.39, 0.29) is 0 Å². The number of hydrogen-bond acceptors (Lipinski definition) is 2. The van der Waals surface area contributed by atoms with Crippen molar-refractivity contribution in [1.82, 2.24) is 10.2 Å². The second-order valence-corrected chi connectivity index (χ2v) is 5.58. The Labute approximate surface area is 95.4 Å². The Balaban J connectivity index is 2.46. The molecule has 2 nitrogen and oxygen atoms in total. The van der Waals surface area contributed by atoms with Crippen molar-refractivity contribution in [3.8, 4) is 0 Å². The van der Waals surface area contributed by atoms with E-state index in [1.54, 1.807) is 0 Å². The number of piperazine rings is 1. The summed E-state index contributed by atoms with van der Waals surface area (Å²) in [5.41, 5.74) is 0. The number of rotatable bonds is 4. The third-order valence-electron chi connectivity index (χ3n) is 3.78. The topological polar surface area (TPSA) is 15.3 Å². The van der Waals surface area contributed by atoms with Gasteiger partial charge in [-0.25, -0.2) is 0 Å². The van der Waals surface area contributed by atoms with Gasteiger partial charge in [0.05, 0.1) is 0 Å². The zero-order valence-electron chi connectivity index (χ0n) is 11.1. The molecule has 1 N–H and O–H groups in total. The molecule has 2 heteroatoms. The van der Waals surface area contributed by atoms with E-state index in [4.69, 9.17) is 0 Å². The molecule has 1 fully saturated rings. The quantitative estimate of drug-likeness (QED) is 0.769. The van der Waals surface area contributed by atoms with Crippen LogP contribution in [-0.4, -0.2) is 36.6 Å². The standard InChI is InChI=1S/C13H28N2/c1-6-11(4)8-15-9-13(10(2)3)14-7-12(15)5/h10-14H,6-9H2,1-5H3. The van der Waals surface area contributed by atoms with Crippen molar-refractivity contribution in [3.05, 3.63) is 0 Å². The highest BCUT2D eigenvalue weighted by molar-refractivity contribution is 4.85. The third kappa shape index (κ3) is 3.76. The van der Waals surface area contributed by atoms with Gasteiger partial charge in [0.1, 0.15) is 0 Å². The summed E-state index contributed by atoms with van der Waals surface area (Å²) in [6.07, 6.45) is 1.29. The van der Waals surface area contributed by atoms with Crippen LogP contribution in [0.1, 0.15) is 41.0 Å². The summed E-state index contributed by atoms with van der Waals surface area (Å²) in [6, 6.07) is 1.39. The molecule has 0 aromatic rings. The predicted octanol–water partition coefficient (Wildman–Crippen LogP) is 2.35. The molecule has 1 heterocycles. The van der Waals surface area contributed by atoms with E-state index in [2.05, 4.69) is 44.8 Å². The van der Waals surface area contributed by atoms with E-state index in [1.165, 1.54) is 19.5 Å². The first kappa shape index (κ1) is 13.0. The Morgan fingerprint density at radius 1 is 1.33 bits per heavy atom. The minimum absolute atomic E-state index is 0.685. The maximum atomic E-state index is 3.65. The lowest BCUT2D eigenvalue weighted by atomic mass is 9.98. The van der Waals surface area contributed by atoms with Gasteiger partial charge < -0.3 is 5.32 Å². The molecule has 0 spiro atoms. The van der Waals surface area contributed by atoms with Crippen molar-refractivity contribution < 1.29 is 0 Å². The monoisotopic (exact) mass is 212 g/mol. The first-order valence-electron chi connectivity index (χ1n) is 6.52. The summed E-state index contributed by atoms with van der Waals surface area (Å²) in [6.45, 7) is 15.3. The van der Waals surface area contributed by atoms with Crippen LogP contribution in [0.5, 0.6) is 0 Å². The molecule has 0 amide bonds. The van der Waals surface area contributed by atoms with Gasteiger partial charge in [-0.1, -0.05) is 34.1 Å².